The molecule has 244 valence electrons. The Morgan fingerprint density at radius 3 is 2.70 bits per heavy atom. The van der Waals surface area contributed by atoms with E-state index in [0.717, 1.165) is 55.9 Å². The van der Waals surface area contributed by atoms with Gasteiger partial charge in [-0.15, -0.1) is 0 Å². The van der Waals surface area contributed by atoms with Crippen LogP contribution < -0.4 is 9.47 Å². The largest absolute Gasteiger partial charge is 0.486 e. The molecule has 0 spiro atoms. The van der Waals surface area contributed by atoms with Gasteiger partial charge in [0, 0.05) is 44.9 Å². The van der Waals surface area contributed by atoms with Gasteiger partial charge in [-0.3, -0.25) is 9.69 Å². The van der Waals surface area contributed by atoms with Crippen molar-refractivity contribution < 1.29 is 28.2 Å². The number of nitriles is 1. The molecule has 11 nitrogen and oxygen atoms in total. The fraction of sp³-hybridized carbons (Fsp3) is 0.400. The number of ether oxygens (including phenoxy) is 3. The van der Waals surface area contributed by atoms with E-state index in [-0.39, 0.29) is 29.9 Å². The van der Waals surface area contributed by atoms with Crippen LogP contribution in [0.4, 0.5) is 4.39 Å². The maximum absolute atomic E-state index is 14.4. The molecule has 0 radical (unpaired) electrons. The number of fused-ring (bicyclic) bond motifs is 1. The number of hydrogen-bond acceptors (Lipinski definition) is 9. The summed E-state index contributed by atoms with van der Waals surface area (Å²) in [6, 6.07) is 14.8. The number of likely N-dealkylation sites (N-methyl/N-ethyl adjacent to an activating group) is 1. The second kappa shape index (κ2) is 14.2. The third-order valence-electron chi connectivity index (χ3n) is 8.82. The number of halogens is 1. The highest BCUT2D eigenvalue weighted by molar-refractivity contribution is 5.93. The number of hydrogen-bond donors (Lipinski definition) is 0. The lowest BCUT2D eigenvalue weighted by Crippen LogP contribution is -2.40. The van der Waals surface area contributed by atoms with Crippen LogP contribution in [0.1, 0.15) is 72.6 Å². The summed E-state index contributed by atoms with van der Waals surface area (Å²) in [6.07, 6.45) is 5.35. The number of nitrogens with zero attached hydrogens (tertiary/aromatic N) is 6. The standard InChI is InChI=1S/C35H37FN6O5/c1-3-41-26(9-12-32(41)43)21-42-29-19-25(35(44)45-2)8-10-28(29)39-33(42)34(40-15-5-4-6-16-40)47-31-18-24(13-14-38-31)22-46-30-11-7-23(20-37)17-27(30)36/h7-8,10-11,13-14,17-19,26,34H,3-6,9,12,15-16,21-22H2,1-2H3. The fourth-order valence-corrected chi connectivity index (χ4v) is 6.41. The Kier molecular flexibility index (Phi) is 9.63. The quantitative estimate of drug-likeness (QED) is 0.199. The van der Waals surface area contributed by atoms with Crippen molar-refractivity contribution in [3.8, 4) is 17.7 Å². The summed E-state index contributed by atoms with van der Waals surface area (Å²) >= 11 is 0. The number of imidazole rings is 1. The first kappa shape index (κ1) is 31.9. The molecule has 0 N–H and O–H groups in total. The van der Waals surface area contributed by atoms with Crippen LogP contribution in [-0.2, 0) is 22.7 Å². The molecule has 0 aliphatic carbocycles. The van der Waals surface area contributed by atoms with E-state index in [9.17, 15) is 14.0 Å². The first-order valence-corrected chi connectivity index (χ1v) is 15.9. The number of benzene rings is 2. The zero-order valence-electron chi connectivity index (χ0n) is 26.5. The van der Waals surface area contributed by atoms with E-state index < -0.39 is 18.0 Å². The Hall–Kier alpha value is -5.02. The second-order valence-corrected chi connectivity index (χ2v) is 11.8. The second-order valence-electron chi connectivity index (χ2n) is 11.8. The van der Waals surface area contributed by atoms with Crippen LogP contribution in [0, 0.1) is 17.1 Å². The minimum absolute atomic E-state index is 0.0336. The smallest absolute Gasteiger partial charge is 0.337 e. The van der Waals surface area contributed by atoms with Crippen molar-refractivity contribution in [2.75, 3.05) is 26.7 Å². The zero-order valence-corrected chi connectivity index (χ0v) is 26.5. The topological polar surface area (TPSA) is 123 Å². The first-order valence-electron chi connectivity index (χ1n) is 15.9. The molecule has 47 heavy (non-hydrogen) atoms. The fourth-order valence-electron chi connectivity index (χ4n) is 6.41. The molecule has 2 unspecified atom stereocenters. The molecule has 2 aliphatic rings. The minimum Gasteiger partial charge on any atom is -0.486 e. The highest BCUT2D eigenvalue weighted by Gasteiger charge is 2.34. The number of piperidine rings is 1. The first-order chi connectivity index (χ1) is 22.9. The molecule has 2 fully saturated rings. The number of likely N-dealkylation sites (tertiary alicyclic amines) is 2. The number of aromatic nitrogens is 3. The van der Waals surface area contributed by atoms with Crippen molar-refractivity contribution in [1.82, 2.24) is 24.3 Å². The lowest BCUT2D eigenvalue weighted by Gasteiger charge is -2.34. The molecule has 4 aromatic rings. The Balaban J connectivity index is 1.35. The number of esters is 1. The van der Waals surface area contributed by atoms with E-state index in [1.54, 1.807) is 30.5 Å². The number of carbonyl (C=O) groups excluding carboxylic acids is 2. The maximum Gasteiger partial charge on any atom is 0.337 e. The molecule has 2 aromatic carbocycles. The molecular weight excluding hydrogens is 603 g/mol. The Morgan fingerprint density at radius 1 is 1.13 bits per heavy atom. The molecule has 2 aliphatic heterocycles. The van der Waals surface area contributed by atoms with Crippen molar-refractivity contribution >= 4 is 22.9 Å². The van der Waals surface area contributed by atoms with Gasteiger partial charge in [-0.2, -0.15) is 5.26 Å². The van der Waals surface area contributed by atoms with Crippen molar-refractivity contribution in [3.63, 3.8) is 0 Å². The van der Waals surface area contributed by atoms with Gasteiger partial charge in [0.15, 0.2) is 17.4 Å². The average molecular weight is 641 g/mol. The Bertz CT molecular complexity index is 1810. The molecular formula is C35H37FN6O5. The molecule has 4 heterocycles. The lowest BCUT2D eigenvalue weighted by atomic mass is 10.1. The van der Waals surface area contributed by atoms with E-state index in [2.05, 4.69) is 14.5 Å². The summed E-state index contributed by atoms with van der Waals surface area (Å²) in [5.74, 6) is 0.122. The van der Waals surface area contributed by atoms with Crippen LogP contribution in [0.2, 0.25) is 0 Å². The molecule has 2 aromatic heterocycles. The SMILES string of the molecule is CCN1C(=O)CCC1Cn1c(C(Oc2cc(COc3ccc(C#N)cc3F)ccn2)N2CCCCC2)nc2ccc(C(=O)OC)cc21. The van der Waals surface area contributed by atoms with Gasteiger partial charge in [0.05, 0.1) is 41.4 Å². The van der Waals surface area contributed by atoms with Gasteiger partial charge in [0.1, 0.15) is 6.61 Å². The molecule has 0 saturated carbocycles. The summed E-state index contributed by atoms with van der Waals surface area (Å²) in [4.78, 5) is 38.9. The van der Waals surface area contributed by atoms with Crippen molar-refractivity contribution in [3.05, 3.63) is 83.1 Å². The van der Waals surface area contributed by atoms with E-state index in [0.29, 0.717) is 42.3 Å². The summed E-state index contributed by atoms with van der Waals surface area (Å²) in [5.41, 5.74) is 2.79. The van der Waals surface area contributed by atoms with Crippen molar-refractivity contribution in [2.24, 2.45) is 0 Å². The highest BCUT2D eigenvalue weighted by Crippen LogP contribution is 2.32. The Labute approximate surface area is 272 Å². The summed E-state index contributed by atoms with van der Waals surface area (Å²) in [5, 5.41) is 9.02. The third kappa shape index (κ3) is 6.90. The Morgan fingerprint density at radius 2 is 1.96 bits per heavy atom. The van der Waals surface area contributed by atoms with Crippen LogP contribution >= 0.6 is 0 Å². The molecule has 0 bridgehead atoms. The van der Waals surface area contributed by atoms with Crippen LogP contribution in [0.5, 0.6) is 11.6 Å². The van der Waals surface area contributed by atoms with Crippen LogP contribution in [0.15, 0.2) is 54.7 Å². The van der Waals surface area contributed by atoms with Gasteiger partial charge < -0.3 is 23.7 Å². The predicted octanol–water partition coefficient (Wildman–Crippen LogP) is 5.38. The maximum atomic E-state index is 14.4. The van der Waals surface area contributed by atoms with Crippen molar-refractivity contribution in [1.29, 1.82) is 5.26 Å². The van der Waals surface area contributed by atoms with E-state index in [1.807, 2.05) is 24.0 Å². The lowest BCUT2D eigenvalue weighted by molar-refractivity contribution is -0.128. The van der Waals surface area contributed by atoms with Crippen molar-refractivity contribution in [2.45, 2.75) is 64.4 Å². The van der Waals surface area contributed by atoms with Gasteiger partial charge in [0.2, 0.25) is 18.0 Å². The molecule has 12 heteroatoms. The minimum atomic E-state index is -0.615. The number of methoxy groups -OCH3 is 1. The normalized spacial score (nSPS) is 17.4. The summed E-state index contributed by atoms with van der Waals surface area (Å²) in [6.45, 7) is 4.73. The predicted molar refractivity (Wildman–Crippen MR) is 170 cm³/mol. The molecule has 1 amide bonds. The molecule has 6 rings (SSSR count). The number of pyridine rings is 1. The summed E-state index contributed by atoms with van der Waals surface area (Å²) < 4.78 is 33.9. The van der Waals surface area contributed by atoms with Gasteiger partial charge in [-0.25, -0.2) is 19.2 Å². The van der Waals surface area contributed by atoms with Gasteiger partial charge >= 0.3 is 5.97 Å². The molecule has 2 atom stereocenters. The zero-order chi connectivity index (χ0) is 32.9. The van der Waals surface area contributed by atoms with Crippen LogP contribution in [0.25, 0.3) is 11.0 Å². The number of carbonyl (C=O) groups is 2. The average Bonchev–Trinajstić information content (AvgIpc) is 3.65. The van der Waals surface area contributed by atoms with Crippen LogP contribution in [0.3, 0.4) is 0 Å². The van der Waals surface area contributed by atoms with E-state index in [4.69, 9.17) is 24.5 Å². The van der Waals surface area contributed by atoms with Crippen LogP contribution in [-0.4, -0.2) is 69.0 Å². The third-order valence-corrected chi connectivity index (χ3v) is 8.82. The van der Waals surface area contributed by atoms with E-state index in [1.165, 1.54) is 19.2 Å². The highest BCUT2D eigenvalue weighted by atomic mass is 19.1. The number of amides is 1. The van der Waals surface area contributed by atoms with Gasteiger partial charge in [-0.05, 0) is 74.2 Å². The summed E-state index contributed by atoms with van der Waals surface area (Å²) in [7, 11) is 1.35. The van der Waals surface area contributed by atoms with Gasteiger partial charge in [0.25, 0.3) is 0 Å². The van der Waals surface area contributed by atoms with Gasteiger partial charge in [-0.1, -0.05) is 6.42 Å². The number of rotatable bonds is 11. The van der Waals surface area contributed by atoms with E-state index >= 15 is 0 Å². The molecule has 2 saturated heterocycles. The monoisotopic (exact) mass is 640 g/mol.